The molecule has 2 aromatic carbocycles. The Morgan fingerprint density at radius 2 is 1.09 bits per heavy atom. The van der Waals surface area contributed by atoms with E-state index in [4.69, 9.17) is 11.5 Å². The van der Waals surface area contributed by atoms with Crippen LogP contribution in [0.4, 0.5) is 0 Å². The molecule has 2 aromatic rings. The fourth-order valence-corrected chi connectivity index (χ4v) is 1.92. The van der Waals surface area contributed by atoms with E-state index in [2.05, 4.69) is 9.98 Å². The molecule has 6 heteroatoms. The Bertz CT molecular complexity index is 615. The van der Waals surface area contributed by atoms with Crippen LogP contribution in [0.2, 0.25) is 0 Å². The second kappa shape index (κ2) is 9.95. The number of rotatable bonds is 5. The van der Waals surface area contributed by atoms with Crippen molar-refractivity contribution < 1.29 is 9.59 Å². The third-order valence-corrected chi connectivity index (χ3v) is 2.93. The van der Waals surface area contributed by atoms with E-state index in [-0.39, 0.29) is 0 Å². The lowest BCUT2D eigenvalue weighted by Crippen LogP contribution is -2.22. The van der Waals surface area contributed by atoms with Gasteiger partial charge >= 0.3 is 0 Å². The van der Waals surface area contributed by atoms with Gasteiger partial charge in [-0.3, -0.25) is 0 Å². The number of hydrogen-bond donors (Lipinski definition) is 2. The van der Waals surface area contributed by atoms with E-state index < -0.39 is 5.66 Å². The standard InChI is InChI=1S/C15H10N2O2.C2H8N2/c18-11-16-15(17-12-19,13-7-3-1-4-8-13)14-9-5-2-6-10-14;3-1-2-4/h1-10H;1-4H2. The van der Waals surface area contributed by atoms with Crippen molar-refractivity contribution in [2.24, 2.45) is 21.5 Å². The van der Waals surface area contributed by atoms with Crippen molar-refractivity contribution >= 4 is 12.2 Å². The summed E-state index contributed by atoms with van der Waals surface area (Å²) in [5.41, 5.74) is 9.60. The van der Waals surface area contributed by atoms with Crippen LogP contribution >= 0.6 is 0 Å². The van der Waals surface area contributed by atoms with Crippen LogP contribution in [0.3, 0.4) is 0 Å². The molecule has 0 spiro atoms. The number of isocyanates is 2. The molecule has 0 fully saturated rings. The van der Waals surface area contributed by atoms with Gasteiger partial charge in [0, 0.05) is 24.2 Å². The zero-order valence-corrected chi connectivity index (χ0v) is 12.6. The number of benzene rings is 2. The maximum atomic E-state index is 10.8. The Morgan fingerprint density at radius 3 is 1.35 bits per heavy atom. The van der Waals surface area contributed by atoms with E-state index in [9.17, 15) is 9.59 Å². The van der Waals surface area contributed by atoms with Gasteiger partial charge in [-0.2, -0.15) is 9.98 Å². The lowest BCUT2D eigenvalue weighted by molar-refractivity contribution is 0.516. The summed E-state index contributed by atoms with van der Waals surface area (Å²) < 4.78 is 0. The van der Waals surface area contributed by atoms with Gasteiger partial charge in [0.2, 0.25) is 17.8 Å². The molecular weight excluding hydrogens is 292 g/mol. The highest BCUT2D eigenvalue weighted by molar-refractivity contribution is 5.49. The zero-order chi connectivity index (χ0) is 17.0. The van der Waals surface area contributed by atoms with Crippen molar-refractivity contribution in [3.63, 3.8) is 0 Å². The van der Waals surface area contributed by atoms with Crippen molar-refractivity contribution in [2.75, 3.05) is 13.1 Å². The SMILES string of the molecule is NCCN.O=C=NC(N=C=O)(c1ccccc1)c1ccccc1. The molecule has 6 nitrogen and oxygen atoms in total. The normalized spacial score (nSPS) is 9.65. The second-order valence-electron chi connectivity index (χ2n) is 4.39. The van der Waals surface area contributed by atoms with Crippen LogP contribution in [0.5, 0.6) is 0 Å². The van der Waals surface area contributed by atoms with E-state index in [0.717, 1.165) is 0 Å². The largest absolute Gasteiger partial charge is 0.329 e. The second-order valence-corrected chi connectivity index (χ2v) is 4.39. The molecule has 118 valence electrons. The van der Waals surface area contributed by atoms with Crippen molar-refractivity contribution in [1.29, 1.82) is 0 Å². The molecule has 0 saturated heterocycles. The zero-order valence-electron chi connectivity index (χ0n) is 12.6. The van der Waals surface area contributed by atoms with Crippen LogP contribution in [0, 0.1) is 0 Å². The topological polar surface area (TPSA) is 111 Å². The lowest BCUT2D eigenvalue weighted by atomic mass is 9.92. The predicted octanol–water partition coefficient (Wildman–Crippen LogP) is 1.46. The number of hydrogen-bond acceptors (Lipinski definition) is 6. The first-order valence-corrected chi connectivity index (χ1v) is 6.94. The van der Waals surface area contributed by atoms with Gasteiger partial charge in [-0.1, -0.05) is 60.7 Å². The van der Waals surface area contributed by atoms with Gasteiger partial charge in [-0.25, -0.2) is 9.59 Å². The molecule has 2 rings (SSSR count). The van der Waals surface area contributed by atoms with E-state index in [1.807, 2.05) is 12.1 Å². The summed E-state index contributed by atoms with van der Waals surface area (Å²) in [5.74, 6) is 0. The maximum Gasteiger partial charge on any atom is 0.238 e. The van der Waals surface area contributed by atoms with E-state index in [1.165, 1.54) is 12.2 Å². The van der Waals surface area contributed by atoms with Gasteiger partial charge in [0.05, 0.1) is 0 Å². The van der Waals surface area contributed by atoms with Crippen LogP contribution in [0.15, 0.2) is 70.6 Å². The van der Waals surface area contributed by atoms with Gasteiger partial charge < -0.3 is 11.5 Å². The minimum Gasteiger partial charge on any atom is -0.329 e. The van der Waals surface area contributed by atoms with Crippen molar-refractivity contribution in [2.45, 2.75) is 5.66 Å². The Kier molecular flexibility index (Phi) is 7.86. The summed E-state index contributed by atoms with van der Waals surface area (Å²) in [4.78, 5) is 29.0. The summed E-state index contributed by atoms with van der Waals surface area (Å²) in [7, 11) is 0. The quantitative estimate of drug-likeness (QED) is 0.643. The highest BCUT2D eigenvalue weighted by Gasteiger charge is 2.33. The molecule has 23 heavy (non-hydrogen) atoms. The molecule has 0 heterocycles. The molecular formula is C17H18N4O2. The monoisotopic (exact) mass is 310 g/mol. The third kappa shape index (κ3) is 4.81. The number of nitrogens with two attached hydrogens (primary N) is 2. The molecule has 0 aliphatic rings. The first-order valence-electron chi connectivity index (χ1n) is 6.94. The van der Waals surface area contributed by atoms with Gasteiger partial charge in [0.15, 0.2) is 0 Å². The van der Waals surface area contributed by atoms with Gasteiger partial charge in [0.1, 0.15) is 0 Å². The number of carbonyl (C=O) groups excluding carboxylic acids is 2. The van der Waals surface area contributed by atoms with E-state index in [0.29, 0.717) is 24.2 Å². The maximum absolute atomic E-state index is 10.8. The highest BCUT2D eigenvalue weighted by atomic mass is 16.1. The molecule has 0 unspecified atom stereocenters. The molecule has 0 bridgehead atoms. The molecule has 0 aliphatic heterocycles. The van der Waals surface area contributed by atoms with Crippen LogP contribution in [-0.2, 0) is 15.3 Å². The van der Waals surface area contributed by atoms with Crippen LogP contribution in [0.1, 0.15) is 11.1 Å². The van der Waals surface area contributed by atoms with Gasteiger partial charge in [0.25, 0.3) is 0 Å². The van der Waals surface area contributed by atoms with E-state index >= 15 is 0 Å². The molecule has 4 N–H and O–H groups in total. The summed E-state index contributed by atoms with van der Waals surface area (Å²) in [5, 5.41) is 0. The minimum absolute atomic E-state index is 0.597. The smallest absolute Gasteiger partial charge is 0.238 e. The third-order valence-electron chi connectivity index (χ3n) is 2.93. The molecule has 0 aliphatic carbocycles. The van der Waals surface area contributed by atoms with Crippen molar-refractivity contribution in [3.05, 3.63) is 71.8 Å². The Labute approximate surface area is 134 Å². The summed E-state index contributed by atoms with van der Waals surface area (Å²) in [6.45, 7) is 1.19. The predicted molar refractivity (Wildman–Crippen MR) is 88.0 cm³/mol. The molecule has 0 radical (unpaired) electrons. The summed E-state index contributed by atoms with van der Waals surface area (Å²) in [6.07, 6.45) is 2.99. The first-order chi connectivity index (χ1) is 11.2. The highest BCUT2D eigenvalue weighted by Crippen LogP contribution is 2.34. The fourth-order valence-electron chi connectivity index (χ4n) is 1.92. The summed E-state index contributed by atoms with van der Waals surface area (Å²) >= 11 is 0. The average Bonchev–Trinajstić information content (AvgIpc) is 2.63. The van der Waals surface area contributed by atoms with Gasteiger partial charge in [-0.05, 0) is 0 Å². The number of nitrogens with zero attached hydrogens (tertiary/aromatic N) is 2. The van der Waals surface area contributed by atoms with Crippen molar-refractivity contribution in [3.8, 4) is 0 Å². The van der Waals surface area contributed by atoms with Crippen molar-refractivity contribution in [1.82, 2.24) is 0 Å². The molecule has 0 aromatic heterocycles. The molecule has 0 saturated carbocycles. The Hall–Kier alpha value is -2.88. The van der Waals surface area contributed by atoms with Crippen LogP contribution in [-0.4, -0.2) is 25.2 Å². The molecule has 0 atom stereocenters. The first kappa shape index (κ1) is 18.2. The van der Waals surface area contributed by atoms with Crippen LogP contribution < -0.4 is 11.5 Å². The number of aliphatic imine (C=N–C) groups is 2. The molecule has 0 amide bonds. The van der Waals surface area contributed by atoms with Crippen LogP contribution in [0.25, 0.3) is 0 Å². The van der Waals surface area contributed by atoms with E-state index in [1.54, 1.807) is 48.5 Å². The lowest BCUT2D eigenvalue weighted by Gasteiger charge is -2.22. The minimum atomic E-state index is -1.41. The van der Waals surface area contributed by atoms with Gasteiger partial charge in [-0.15, -0.1) is 0 Å². The average molecular weight is 310 g/mol. The Balaban J connectivity index is 0.000000593. The summed E-state index contributed by atoms with van der Waals surface area (Å²) in [6, 6.07) is 17.8. The fraction of sp³-hybridized carbons (Fsp3) is 0.176. The Morgan fingerprint density at radius 1 is 0.739 bits per heavy atom.